The Hall–Kier alpha value is 0.270. The summed E-state index contributed by atoms with van der Waals surface area (Å²) in [6, 6.07) is 0. The molecule has 14 heavy (non-hydrogen) atoms. The van der Waals surface area contributed by atoms with Gasteiger partial charge in [-0.05, 0) is 43.9 Å². The summed E-state index contributed by atoms with van der Waals surface area (Å²) in [4.78, 5) is 0. The molecule has 0 saturated carbocycles. The van der Waals surface area contributed by atoms with E-state index in [9.17, 15) is 0 Å². The highest BCUT2D eigenvalue weighted by Gasteiger charge is 1.89. The molecule has 0 aromatic rings. The average Bonchev–Trinajstić information content (AvgIpc) is 2.21. The minimum absolute atomic E-state index is 0.907. The predicted molar refractivity (Wildman–Crippen MR) is 66.2 cm³/mol. The molecule has 0 aromatic carbocycles. The van der Waals surface area contributed by atoms with E-state index in [1.807, 2.05) is 11.8 Å². The third-order valence-electron chi connectivity index (χ3n) is 1.84. The Morgan fingerprint density at radius 1 is 1.07 bits per heavy atom. The Bertz CT molecular complexity index is 89.3. The van der Waals surface area contributed by atoms with Crippen molar-refractivity contribution in [2.75, 3.05) is 37.8 Å². The Labute approximate surface area is 93.2 Å². The topological polar surface area (TPSA) is 21.3 Å². The number of rotatable bonds is 11. The third-order valence-corrected chi connectivity index (χ3v) is 2.82. The molecular weight excluding hydrogens is 194 g/mol. The van der Waals surface area contributed by atoms with Crippen molar-refractivity contribution < 1.29 is 4.74 Å². The minimum Gasteiger partial charge on any atom is -0.381 e. The van der Waals surface area contributed by atoms with E-state index in [4.69, 9.17) is 4.74 Å². The molecule has 0 aliphatic carbocycles. The number of ether oxygens (including phenoxy) is 1. The van der Waals surface area contributed by atoms with Gasteiger partial charge in [0.25, 0.3) is 0 Å². The molecule has 0 rings (SSSR count). The summed E-state index contributed by atoms with van der Waals surface area (Å²) in [7, 11) is 0. The second-order valence-corrected chi connectivity index (χ2v) is 4.66. The largest absolute Gasteiger partial charge is 0.381 e. The van der Waals surface area contributed by atoms with Gasteiger partial charge in [0, 0.05) is 13.2 Å². The van der Waals surface area contributed by atoms with Crippen LogP contribution in [0.25, 0.3) is 0 Å². The Kier molecular flexibility index (Phi) is 13.5. The zero-order valence-corrected chi connectivity index (χ0v) is 10.5. The van der Waals surface area contributed by atoms with Gasteiger partial charge in [-0.3, -0.25) is 0 Å². The lowest BCUT2D eigenvalue weighted by atomic mass is 10.4. The molecule has 0 heterocycles. The second-order valence-electron chi connectivity index (χ2n) is 3.27. The average molecular weight is 219 g/mol. The molecule has 0 fully saturated rings. The lowest BCUT2D eigenvalue weighted by Crippen LogP contribution is -2.18. The molecular formula is C11H25NOS. The van der Waals surface area contributed by atoms with Crippen LogP contribution in [0, 0.1) is 0 Å². The van der Waals surface area contributed by atoms with Crippen molar-refractivity contribution in [2.45, 2.75) is 33.1 Å². The SMILES string of the molecule is CCCOCCCNCCCSCC. The summed E-state index contributed by atoms with van der Waals surface area (Å²) >= 11 is 2.02. The molecule has 0 saturated heterocycles. The lowest BCUT2D eigenvalue weighted by molar-refractivity contribution is 0.132. The van der Waals surface area contributed by atoms with Crippen molar-refractivity contribution in [1.29, 1.82) is 0 Å². The van der Waals surface area contributed by atoms with Gasteiger partial charge >= 0.3 is 0 Å². The molecule has 0 aliphatic heterocycles. The fraction of sp³-hybridized carbons (Fsp3) is 1.00. The first kappa shape index (κ1) is 14.3. The maximum atomic E-state index is 5.38. The van der Waals surface area contributed by atoms with Gasteiger partial charge in [-0.25, -0.2) is 0 Å². The van der Waals surface area contributed by atoms with E-state index in [1.165, 1.54) is 17.9 Å². The highest BCUT2D eigenvalue weighted by atomic mass is 32.2. The molecule has 0 atom stereocenters. The highest BCUT2D eigenvalue weighted by Crippen LogP contribution is 1.99. The van der Waals surface area contributed by atoms with Crippen LogP contribution in [0.15, 0.2) is 0 Å². The van der Waals surface area contributed by atoms with Crippen LogP contribution < -0.4 is 5.32 Å². The van der Waals surface area contributed by atoms with Crippen molar-refractivity contribution in [3.63, 3.8) is 0 Å². The van der Waals surface area contributed by atoms with Gasteiger partial charge in [-0.2, -0.15) is 11.8 Å². The number of hydrogen-bond donors (Lipinski definition) is 1. The standard InChI is InChI=1S/C11H25NOS/c1-3-9-13-10-5-7-12-8-6-11-14-4-2/h12H,3-11H2,1-2H3. The maximum absolute atomic E-state index is 5.38. The lowest BCUT2D eigenvalue weighted by Gasteiger charge is -2.04. The second kappa shape index (κ2) is 13.3. The fourth-order valence-corrected chi connectivity index (χ4v) is 1.75. The zero-order chi connectivity index (χ0) is 10.5. The van der Waals surface area contributed by atoms with Crippen LogP contribution in [0.4, 0.5) is 0 Å². The van der Waals surface area contributed by atoms with Crippen LogP contribution >= 0.6 is 11.8 Å². The van der Waals surface area contributed by atoms with E-state index in [1.54, 1.807) is 0 Å². The van der Waals surface area contributed by atoms with Crippen molar-refractivity contribution >= 4 is 11.8 Å². The molecule has 0 amide bonds. The maximum Gasteiger partial charge on any atom is 0.0478 e. The quantitative estimate of drug-likeness (QED) is 0.540. The van der Waals surface area contributed by atoms with Crippen LogP contribution in [0.2, 0.25) is 0 Å². The predicted octanol–water partition coefficient (Wildman–Crippen LogP) is 2.54. The fourth-order valence-electron chi connectivity index (χ4n) is 1.11. The molecule has 3 heteroatoms. The summed E-state index contributed by atoms with van der Waals surface area (Å²) in [6.45, 7) is 8.42. The number of hydrogen-bond acceptors (Lipinski definition) is 3. The summed E-state index contributed by atoms with van der Waals surface area (Å²) in [5, 5.41) is 3.43. The van der Waals surface area contributed by atoms with E-state index in [0.29, 0.717) is 0 Å². The van der Waals surface area contributed by atoms with Gasteiger partial charge in [0.2, 0.25) is 0 Å². The van der Waals surface area contributed by atoms with Crippen LogP contribution in [0.1, 0.15) is 33.1 Å². The van der Waals surface area contributed by atoms with Crippen molar-refractivity contribution in [2.24, 2.45) is 0 Å². The van der Waals surface area contributed by atoms with E-state index in [-0.39, 0.29) is 0 Å². The summed E-state index contributed by atoms with van der Waals surface area (Å²) in [5.74, 6) is 2.53. The van der Waals surface area contributed by atoms with Crippen molar-refractivity contribution in [1.82, 2.24) is 5.32 Å². The number of nitrogens with one attached hydrogen (secondary N) is 1. The molecule has 0 radical (unpaired) electrons. The molecule has 1 N–H and O–H groups in total. The first-order chi connectivity index (χ1) is 6.91. The Morgan fingerprint density at radius 3 is 2.57 bits per heavy atom. The van der Waals surface area contributed by atoms with E-state index < -0.39 is 0 Å². The van der Waals surface area contributed by atoms with Gasteiger partial charge < -0.3 is 10.1 Å². The Morgan fingerprint density at radius 2 is 1.86 bits per heavy atom. The molecule has 86 valence electrons. The molecule has 0 unspecified atom stereocenters. The third kappa shape index (κ3) is 12.3. The van der Waals surface area contributed by atoms with Gasteiger partial charge in [-0.1, -0.05) is 13.8 Å². The summed E-state index contributed by atoms with van der Waals surface area (Å²) in [6.07, 6.45) is 3.55. The van der Waals surface area contributed by atoms with Crippen LogP contribution in [-0.2, 0) is 4.74 Å². The van der Waals surface area contributed by atoms with Crippen molar-refractivity contribution in [3.8, 4) is 0 Å². The highest BCUT2D eigenvalue weighted by molar-refractivity contribution is 7.99. The van der Waals surface area contributed by atoms with E-state index in [0.717, 1.165) is 39.1 Å². The zero-order valence-electron chi connectivity index (χ0n) is 9.68. The van der Waals surface area contributed by atoms with Crippen LogP contribution in [0.3, 0.4) is 0 Å². The summed E-state index contributed by atoms with van der Waals surface area (Å²) in [5.41, 5.74) is 0. The monoisotopic (exact) mass is 219 g/mol. The van der Waals surface area contributed by atoms with Crippen molar-refractivity contribution in [3.05, 3.63) is 0 Å². The molecule has 0 spiro atoms. The summed E-state index contributed by atoms with van der Waals surface area (Å²) < 4.78 is 5.38. The molecule has 0 bridgehead atoms. The van der Waals surface area contributed by atoms with Gasteiger partial charge in [0.1, 0.15) is 0 Å². The number of thioether (sulfide) groups is 1. The van der Waals surface area contributed by atoms with E-state index in [2.05, 4.69) is 19.2 Å². The Balaban J connectivity index is 2.78. The van der Waals surface area contributed by atoms with Gasteiger partial charge in [-0.15, -0.1) is 0 Å². The smallest absolute Gasteiger partial charge is 0.0478 e. The van der Waals surface area contributed by atoms with Gasteiger partial charge in [0.15, 0.2) is 0 Å². The first-order valence-electron chi connectivity index (χ1n) is 5.78. The van der Waals surface area contributed by atoms with Crippen LogP contribution in [-0.4, -0.2) is 37.8 Å². The minimum atomic E-state index is 0.907. The van der Waals surface area contributed by atoms with Crippen LogP contribution in [0.5, 0.6) is 0 Å². The first-order valence-corrected chi connectivity index (χ1v) is 6.93. The molecule has 2 nitrogen and oxygen atoms in total. The van der Waals surface area contributed by atoms with E-state index >= 15 is 0 Å². The normalized spacial score (nSPS) is 10.7. The molecule has 0 aromatic heterocycles. The van der Waals surface area contributed by atoms with Gasteiger partial charge in [0.05, 0.1) is 0 Å². The molecule has 0 aliphatic rings.